The average Bonchev–Trinajstić information content (AvgIpc) is 2.30. The van der Waals surface area contributed by atoms with Gasteiger partial charge in [-0.3, -0.25) is 0 Å². The Bertz CT molecular complexity index is 373. The molecule has 16 heavy (non-hydrogen) atoms. The number of benzene rings is 1. The molecule has 3 heteroatoms. The molecule has 0 saturated heterocycles. The first-order valence-corrected chi connectivity index (χ1v) is 5.12. The molecule has 1 aromatic carbocycles. The van der Waals surface area contributed by atoms with Crippen LogP contribution in [0.15, 0.2) is 30.3 Å². The van der Waals surface area contributed by atoms with E-state index in [0.717, 1.165) is 5.56 Å². The Morgan fingerprint density at radius 3 is 2.62 bits per heavy atom. The van der Waals surface area contributed by atoms with E-state index in [4.69, 9.17) is 0 Å². The van der Waals surface area contributed by atoms with Crippen molar-refractivity contribution in [3.63, 3.8) is 0 Å². The van der Waals surface area contributed by atoms with Crippen molar-refractivity contribution >= 4 is 6.16 Å². The minimum absolute atomic E-state index is 0.0751. The number of hydrogen-bond donors (Lipinski definition) is 0. The van der Waals surface area contributed by atoms with E-state index < -0.39 is 6.16 Å². The van der Waals surface area contributed by atoms with E-state index >= 15 is 0 Å². The summed E-state index contributed by atoms with van der Waals surface area (Å²) < 4.78 is 9.26. The SMILES string of the molecule is CCOC(=O)OCC#CCc1ccccc1. The molecule has 0 amide bonds. The quantitative estimate of drug-likeness (QED) is 0.577. The summed E-state index contributed by atoms with van der Waals surface area (Å²) in [6.07, 6.45) is -0.0101. The molecule has 0 radical (unpaired) electrons. The highest BCUT2D eigenvalue weighted by molar-refractivity contribution is 5.60. The standard InChI is InChI=1S/C13H14O3/c1-2-15-13(14)16-11-7-6-10-12-8-4-3-5-9-12/h3-5,8-9H,2,10-11H2,1H3. The first-order chi connectivity index (χ1) is 7.83. The van der Waals surface area contributed by atoms with E-state index in [1.807, 2.05) is 30.3 Å². The third-order valence-corrected chi connectivity index (χ3v) is 1.78. The maximum atomic E-state index is 10.8. The van der Waals surface area contributed by atoms with E-state index in [0.29, 0.717) is 13.0 Å². The lowest BCUT2D eigenvalue weighted by atomic mass is 10.2. The summed E-state index contributed by atoms with van der Waals surface area (Å²) >= 11 is 0. The second kappa shape index (κ2) is 7.36. The van der Waals surface area contributed by atoms with Crippen LogP contribution in [0.3, 0.4) is 0 Å². The summed E-state index contributed by atoms with van der Waals surface area (Å²) in [6.45, 7) is 2.12. The third-order valence-electron chi connectivity index (χ3n) is 1.78. The molecule has 0 atom stereocenters. The van der Waals surface area contributed by atoms with Crippen LogP contribution in [0.4, 0.5) is 4.79 Å². The fourth-order valence-electron chi connectivity index (χ4n) is 1.07. The third kappa shape index (κ3) is 5.06. The van der Waals surface area contributed by atoms with Crippen molar-refractivity contribution in [3.8, 4) is 11.8 Å². The second-order valence-corrected chi connectivity index (χ2v) is 2.99. The fourth-order valence-corrected chi connectivity index (χ4v) is 1.07. The first-order valence-electron chi connectivity index (χ1n) is 5.12. The highest BCUT2D eigenvalue weighted by Gasteiger charge is 1.97. The summed E-state index contributed by atoms with van der Waals surface area (Å²) in [5.41, 5.74) is 1.14. The van der Waals surface area contributed by atoms with E-state index in [2.05, 4.69) is 21.3 Å². The van der Waals surface area contributed by atoms with E-state index in [-0.39, 0.29) is 6.61 Å². The Morgan fingerprint density at radius 1 is 1.19 bits per heavy atom. The second-order valence-electron chi connectivity index (χ2n) is 2.99. The molecule has 84 valence electrons. The van der Waals surface area contributed by atoms with Gasteiger partial charge in [0.2, 0.25) is 0 Å². The van der Waals surface area contributed by atoms with Gasteiger partial charge in [0.05, 0.1) is 6.61 Å². The minimum Gasteiger partial charge on any atom is -0.435 e. The van der Waals surface area contributed by atoms with Gasteiger partial charge in [0.15, 0.2) is 6.61 Å². The number of carbonyl (C=O) groups is 1. The molecule has 0 aromatic heterocycles. The number of carbonyl (C=O) groups excluding carboxylic acids is 1. The fraction of sp³-hybridized carbons (Fsp3) is 0.308. The highest BCUT2D eigenvalue weighted by atomic mass is 16.7. The topological polar surface area (TPSA) is 35.5 Å². The van der Waals surface area contributed by atoms with Crippen LogP contribution in [-0.2, 0) is 15.9 Å². The number of hydrogen-bond acceptors (Lipinski definition) is 3. The Morgan fingerprint density at radius 2 is 1.94 bits per heavy atom. The first kappa shape index (κ1) is 12.1. The summed E-state index contributed by atoms with van der Waals surface area (Å²) in [4.78, 5) is 10.8. The summed E-state index contributed by atoms with van der Waals surface area (Å²) in [5.74, 6) is 5.67. The maximum absolute atomic E-state index is 10.8. The van der Waals surface area contributed by atoms with Crippen molar-refractivity contribution in [1.82, 2.24) is 0 Å². The van der Waals surface area contributed by atoms with E-state index in [1.54, 1.807) is 6.92 Å². The predicted molar refractivity (Wildman–Crippen MR) is 60.9 cm³/mol. The van der Waals surface area contributed by atoms with Gasteiger partial charge in [-0.1, -0.05) is 42.2 Å². The van der Waals surface area contributed by atoms with Gasteiger partial charge in [-0.05, 0) is 12.5 Å². The van der Waals surface area contributed by atoms with E-state index in [9.17, 15) is 4.79 Å². The lowest BCUT2D eigenvalue weighted by molar-refractivity contribution is 0.0686. The molecule has 0 unspecified atom stereocenters. The van der Waals surface area contributed by atoms with Crippen molar-refractivity contribution in [2.45, 2.75) is 13.3 Å². The van der Waals surface area contributed by atoms with Gasteiger partial charge in [0, 0.05) is 6.42 Å². The molecule has 1 rings (SSSR count). The van der Waals surface area contributed by atoms with Crippen LogP contribution in [0, 0.1) is 11.8 Å². The minimum atomic E-state index is -0.670. The smallest absolute Gasteiger partial charge is 0.435 e. The van der Waals surface area contributed by atoms with Crippen molar-refractivity contribution in [2.24, 2.45) is 0 Å². The molecule has 0 aliphatic heterocycles. The lowest BCUT2D eigenvalue weighted by Gasteiger charge is -1.98. The Hall–Kier alpha value is -1.95. The lowest BCUT2D eigenvalue weighted by Crippen LogP contribution is -2.06. The van der Waals surface area contributed by atoms with Gasteiger partial charge < -0.3 is 9.47 Å². The zero-order valence-electron chi connectivity index (χ0n) is 9.23. The van der Waals surface area contributed by atoms with Crippen LogP contribution >= 0.6 is 0 Å². The van der Waals surface area contributed by atoms with Crippen LogP contribution in [0.25, 0.3) is 0 Å². The Labute approximate surface area is 95.4 Å². The van der Waals surface area contributed by atoms with Crippen LogP contribution < -0.4 is 0 Å². The molecule has 3 nitrogen and oxygen atoms in total. The summed E-state index contributed by atoms with van der Waals surface area (Å²) in [5, 5.41) is 0. The van der Waals surface area contributed by atoms with Crippen LogP contribution in [-0.4, -0.2) is 19.4 Å². The zero-order chi connectivity index (χ0) is 11.6. The van der Waals surface area contributed by atoms with Crippen molar-refractivity contribution in [2.75, 3.05) is 13.2 Å². The van der Waals surface area contributed by atoms with E-state index in [1.165, 1.54) is 0 Å². The monoisotopic (exact) mass is 218 g/mol. The Balaban J connectivity index is 2.21. The molecule has 0 aliphatic rings. The normalized spacial score (nSPS) is 8.81. The van der Waals surface area contributed by atoms with Crippen LogP contribution in [0.2, 0.25) is 0 Å². The molecule has 0 N–H and O–H groups in total. The van der Waals surface area contributed by atoms with Gasteiger partial charge >= 0.3 is 6.16 Å². The summed E-state index contributed by atoms with van der Waals surface area (Å²) in [6, 6.07) is 9.89. The molecule has 0 heterocycles. The van der Waals surface area contributed by atoms with Crippen molar-refractivity contribution in [1.29, 1.82) is 0 Å². The van der Waals surface area contributed by atoms with Gasteiger partial charge in [-0.25, -0.2) is 4.79 Å². The van der Waals surface area contributed by atoms with Gasteiger partial charge in [0.1, 0.15) is 0 Å². The molecular formula is C13H14O3. The molecule has 0 fully saturated rings. The molecule has 0 spiro atoms. The van der Waals surface area contributed by atoms with Crippen molar-refractivity contribution < 1.29 is 14.3 Å². The molecular weight excluding hydrogens is 204 g/mol. The highest BCUT2D eigenvalue weighted by Crippen LogP contribution is 1.97. The van der Waals surface area contributed by atoms with Crippen LogP contribution in [0.5, 0.6) is 0 Å². The predicted octanol–water partition coefficient (Wildman–Crippen LogP) is 2.41. The molecule has 0 saturated carbocycles. The summed E-state index contributed by atoms with van der Waals surface area (Å²) in [7, 11) is 0. The van der Waals surface area contributed by atoms with Gasteiger partial charge in [0.25, 0.3) is 0 Å². The van der Waals surface area contributed by atoms with Gasteiger partial charge in [-0.15, -0.1) is 0 Å². The molecule has 0 bridgehead atoms. The van der Waals surface area contributed by atoms with Gasteiger partial charge in [-0.2, -0.15) is 0 Å². The number of rotatable bonds is 3. The largest absolute Gasteiger partial charge is 0.509 e. The maximum Gasteiger partial charge on any atom is 0.509 e. The van der Waals surface area contributed by atoms with Crippen molar-refractivity contribution in [3.05, 3.63) is 35.9 Å². The average molecular weight is 218 g/mol. The zero-order valence-corrected chi connectivity index (χ0v) is 9.23. The molecule has 0 aliphatic carbocycles. The number of ether oxygens (including phenoxy) is 2. The molecule has 1 aromatic rings. The Kier molecular flexibility index (Phi) is 5.57. The van der Waals surface area contributed by atoms with Crippen LogP contribution in [0.1, 0.15) is 12.5 Å².